The molecule has 1 unspecified atom stereocenters. The monoisotopic (exact) mass is 315 g/mol. The van der Waals surface area contributed by atoms with Crippen molar-refractivity contribution in [2.24, 2.45) is 0 Å². The predicted octanol–water partition coefficient (Wildman–Crippen LogP) is 3.10. The molecule has 2 aromatic rings. The number of benzene rings is 1. The van der Waals surface area contributed by atoms with Crippen LogP contribution >= 0.6 is 0 Å². The van der Waals surface area contributed by atoms with Gasteiger partial charge in [-0.1, -0.05) is 12.1 Å². The van der Waals surface area contributed by atoms with Gasteiger partial charge in [0, 0.05) is 12.5 Å². The Balaban J connectivity index is 1.78. The number of aromatic nitrogens is 1. The number of hydrogen-bond donors (Lipinski definition) is 1. The van der Waals surface area contributed by atoms with Crippen LogP contribution in [0.4, 0.5) is 0 Å². The van der Waals surface area contributed by atoms with Crippen molar-refractivity contribution in [1.82, 2.24) is 4.98 Å². The van der Waals surface area contributed by atoms with E-state index in [-0.39, 0.29) is 12.2 Å². The highest BCUT2D eigenvalue weighted by Gasteiger charge is 2.16. The second-order valence-electron chi connectivity index (χ2n) is 5.17. The quantitative estimate of drug-likeness (QED) is 0.854. The second kappa shape index (κ2) is 7.11. The van der Waals surface area contributed by atoms with Gasteiger partial charge in [-0.3, -0.25) is 0 Å². The number of carbonyl (C=O) groups is 1. The van der Waals surface area contributed by atoms with Crippen molar-refractivity contribution >= 4 is 11.5 Å². The number of aliphatic carboxylic acids is 1. The Morgan fingerprint density at radius 3 is 2.74 bits per heavy atom. The zero-order valence-electron chi connectivity index (χ0n) is 12.5. The second-order valence-corrected chi connectivity index (χ2v) is 5.17. The minimum Gasteiger partial charge on any atom is -0.478 e. The zero-order valence-corrected chi connectivity index (χ0v) is 12.5. The minimum absolute atomic E-state index is 0.213. The first-order valence-corrected chi connectivity index (χ1v) is 7.45. The van der Waals surface area contributed by atoms with E-state index in [1.165, 1.54) is 12.5 Å². The average Bonchev–Trinajstić information content (AvgIpc) is 3.08. The van der Waals surface area contributed by atoms with Crippen molar-refractivity contribution in [3.8, 4) is 5.75 Å². The lowest BCUT2D eigenvalue weighted by Gasteiger charge is -2.23. The van der Waals surface area contributed by atoms with Crippen molar-refractivity contribution in [2.75, 3.05) is 6.61 Å². The van der Waals surface area contributed by atoms with E-state index in [0.29, 0.717) is 16.9 Å². The Kier molecular flexibility index (Phi) is 4.73. The molecule has 23 heavy (non-hydrogen) atoms. The minimum atomic E-state index is -1.06. The predicted molar refractivity (Wildman–Crippen MR) is 81.9 cm³/mol. The maximum absolute atomic E-state index is 11.0. The van der Waals surface area contributed by atoms with Crippen LogP contribution in [-0.4, -0.2) is 29.0 Å². The van der Waals surface area contributed by atoms with Gasteiger partial charge in [-0.05, 0) is 30.5 Å². The van der Waals surface area contributed by atoms with Crippen LogP contribution in [0.1, 0.15) is 30.7 Å². The van der Waals surface area contributed by atoms with Gasteiger partial charge in [0.05, 0.1) is 18.4 Å². The van der Waals surface area contributed by atoms with E-state index < -0.39 is 5.97 Å². The molecule has 1 aromatic heterocycles. The van der Waals surface area contributed by atoms with Gasteiger partial charge in [0.15, 0.2) is 6.29 Å². The molecule has 3 rings (SSSR count). The third-order valence-corrected chi connectivity index (χ3v) is 3.50. The molecule has 0 radical (unpaired) electrons. The van der Waals surface area contributed by atoms with Crippen molar-refractivity contribution < 1.29 is 23.8 Å². The van der Waals surface area contributed by atoms with Crippen LogP contribution in [0.2, 0.25) is 0 Å². The molecule has 0 aliphatic carbocycles. The summed E-state index contributed by atoms with van der Waals surface area (Å²) in [6.45, 7) is 0.721. The molecular formula is C17H17NO5. The fraction of sp³-hybridized carbons (Fsp3) is 0.294. The van der Waals surface area contributed by atoms with Crippen LogP contribution in [0, 0.1) is 0 Å². The summed E-state index contributed by atoms with van der Waals surface area (Å²) in [5.74, 6) is -0.117. The fourth-order valence-electron chi connectivity index (χ4n) is 2.42. The molecule has 6 heteroatoms. The van der Waals surface area contributed by atoms with Crippen molar-refractivity contribution in [1.29, 1.82) is 0 Å². The first-order chi connectivity index (χ1) is 11.2. The van der Waals surface area contributed by atoms with E-state index in [1.54, 1.807) is 24.3 Å². The van der Waals surface area contributed by atoms with E-state index in [4.69, 9.17) is 19.0 Å². The summed E-state index contributed by atoms with van der Waals surface area (Å²) in [5, 5.41) is 9.03. The summed E-state index contributed by atoms with van der Waals surface area (Å²) < 4.78 is 16.5. The van der Waals surface area contributed by atoms with E-state index >= 15 is 0 Å². The van der Waals surface area contributed by atoms with Crippen molar-refractivity contribution in [2.45, 2.75) is 25.6 Å². The van der Waals surface area contributed by atoms with Gasteiger partial charge in [-0.2, -0.15) is 0 Å². The van der Waals surface area contributed by atoms with Gasteiger partial charge < -0.3 is 19.0 Å². The summed E-state index contributed by atoms with van der Waals surface area (Å²) in [5.41, 5.74) is 1.09. The largest absolute Gasteiger partial charge is 0.478 e. The third kappa shape index (κ3) is 3.98. The Hall–Kier alpha value is -2.60. The topological polar surface area (TPSA) is 81.8 Å². The molecule has 120 valence electrons. The molecule has 0 bridgehead atoms. The smallest absolute Gasteiger partial charge is 0.329 e. The maximum Gasteiger partial charge on any atom is 0.329 e. The number of carboxylic acid groups (broad SMARTS) is 1. The van der Waals surface area contributed by atoms with Crippen LogP contribution in [0.25, 0.3) is 5.57 Å². The average molecular weight is 315 g/mol. The molecule has 1 N–H and O–H groups in total. The number of carboxylic acids is 1. The Morgan fingerprint density at radius 1 is 1.30 bits per heavy atom. The van der Waals surface area contributed by atoms with Crippen molar-refractivity contribution in [3.63, 3.8) is 0 Å². The van der Waals surface area contributed by atoms with Gasteiger partial charge >= 0.3 is 5.97 Å². The van der Waals surface area contributed by atoms with E-state index in [2.05, 4.69) is 4.98 Å². The highest BCUT2D eigenvalue weighted by Crippen LogP contribution is 2.25. The summed E-state index contributed by atoms with van der Waals surface area (Å²) in [6.07, 6.45) is 6.78. The molecule has 0 amide bonds. The molecule has 2 heterocycles. The lowest BCUT2D eigenvalue weighted by atomic mass is 10.1. The standard InChI is InChI=1S/C17H17NO5/c19-15(20)11-14(17-18-8-10-22-17)12-4-6-13(7-5-12)23-16-3-1-2-9-21-16/h4-8,10-11,16H,1-3,9H2,(H,19,20)/b14-11-. The van der Waals surface area contributed by atoms with Crippen molar-refractivity contribution in [3.05, 3.63) is 54.3 Å². The summed E-state index contributed by atoms with van der Waals surface area (Å²) in [4.78, 5) is 15.0. The first-order valence-electron chi connectivity index (χ1n) is 7.45. The van der Waals surface area contributed by atoms with E-state index in [1.807, 2.05) is 0 Å². The third-order valence-electron chi connectivity index (χ3n) is 3.50. The maximum atomic E-state index is 11.0. The number of oxazole rings is 1. The van der Waals surface area contributed by atoms with Crippen LogP contribution in [0.15, 0.2) is 47.2 Å². The molecule has 0 saturated carbocycles. The number of ether oxygens (including phenoxy) is 2. The Labute approximate surface area is 133 Å². The molecule has 1 fully saturated rings. The van der Waals surface area contributed by atoms with Gasteiger partial charge in [0.2, 0.25) is 5.89 Å². The molecule has 1 atom stereocenters. The number of hydrogen-bond acceptors (Lipinski definition) is 5. The van der Waals surface area contributed by atoms with Crippen LogP contribution in [0.3, 0.4) is 0 Å². The molecule has 0 spiro atoms. The van der Waals surface area contributed by atoms with Gasteiger partial charge in [-0.25, -0.2) is 9.78 Å². The summed E-state index contributed by atoms with van der Waals surface area (Å²) >= 11 is 0. The van der Waals surface area contributed by atoms with Crippen LogP contribution in [-0.2, 0) is 9.53 Å². The van der Waals surface area contributed by atoms with Gasteiger partial charge in [-0.15, -0.1) is 0 Å². The molecule has 6 nitrogen and oxygen atoms in total. The molecule has 1 aromatic carbocycles. The Morgan fingerprint density at radius 2 is 2.13 bits per heavy atom. The van der Waals surface area contributed by atoms with E-state index in [9.17, 15) is 4.79 Å². The lowest BCUT2D eigenvalue weighted by molar-refractivity contribution is -0.131. The summed E-state index contributed by atoms with van der Waals surface area (Å²) in [6, 6.07) is 7.12. The molecular weight excluding hydrogens is 298 g/mol. The highest BCUT2D eigenvalue weighted by molar-refractivity contribution is 5.93. The first kappa shape index (κ1) is 15.3. The molecule has 1 aliphatic rings. The normalized spacial score (nSPS) is 18.6. The Bertz CT molecular complexity index is 670. The lowest BCUT2D eigenvalue weighted by Crippen LogP contribution is -2.24. The van der Waals surface area contributed by atoms with Gasteiger partial charge in [0.1, 0.15) is 12.0 Å². The van der Waals surface area contributed by atoms with Crippen LogP contribution < -0.4 is 4.74 Å². The number of nitrogens with zero attached hydrogens (tertiary/aromatic N) is 1. The molecule has 1 saturated heterocycles. The van der Waals surface area contributed by atoms with E-state index in [0.717, 1.165) is 31.9 Å². The molecule has 1 aliphatic heterocycles. The SMILES string of the molecule is O=C(O)/C=C(/c1ccc(OC2CCCCO2)cc1)c1ncco1. The zero-order chi connectivity index (χ0) is 16.1. The van der Waals surface area contributed by atoms with Crippen LogP contribution in [0.5, 0.6) is 5.75 Å². The summed E-state index contributed by atoms with van der Waals surface area (Å²) in [7, 11) is 0. The number of rotatable bonds is 5. The van der Waals surface area contributed by atoms with Gasteiger partial charge in [0.25, 0.3) is 0 Å². The fourth-order valence-corrected chi connectivity index (χ4v) is 2.42. The highest BCUT2D eigenvalue weighted by atomic mass is 16.7.